The largest absolute Gasteiger partial charge is 0.497 e. The predicted molar refractivity (Wildman–Crippen MR) is 113 cm³/mol. The van der Waals surface area contributed by atoms with E-state index in [1.807, 2.05) is 0 Å². The van der Waals surface area contributed by atoms with Crippen molar-refractivity contribution < 1.29 is 23.5 Å². The minimum Gasteiger partial charge on any atom is -0.497 e. The fraction of sp³-hybridized carbons (Fsp3) is 0.261. The Kier molecular flexibility index (Phi) is 6.85. The fourth-order valence-electron chi connectivity index (χ4n) is 2.88. The lowest BCUT2D eigenvalue weighted by molar-refractivity contribution is 0.0498. The first kappa shape index (κ1) is 21.1. The summed E-state index contributed by atoms with van der Waals surface area (Å²) in [5.41, 5.74) is 0.321. The van der Waals surface area contributed by atoms with Gasteiger partial charge in [-0.25, -0.2) is 9.59 Å². The molecule has 30 heavy (non-hydrogen) atoms. The molecule has 7 heteroatoms. The monoisotopic (exact) mass is 409 g/mol. The van der Waals surface area contributed by atoms with Gasteiger partial charge in [0, 0.05) is 11.1 Å². The van der Waals surface area contributed by atoms with E-state index in [1.165, 1.54) is 13.2 Å². The van der Waals surface area contributed by atoms with Crippen molar-refractivity contribution in [3.05, 3.63) is 70.1 Å². The van der Waals surface area contributed by atoms with Crippen molar-refractivity contribution in [2.24, 2.45) is 0 Å². The van der Waals surface area contributed by atoms with Gasteiger partial charge in [0.05, 0.1) is 19.3 Å². The Morgan fingerprint density at radius 2 is 1.80 bits per heavy atom. The number of unbranched alkanes of at least 4 members (excludes halogenated alkanes) is 2. The summed E-state index contributed by atoms with van der Waals surface area (Å²) in [7, 11) is 1.53. The van der Waals surface area contributed by atoms with Gasteiger partial charge in [-0.15, -0.1) is 0 Å². The Bertz CT molecular complexity index is 1100. The van der Waals surface area contributed by atoms with E-state index in [0.717, 1.165) is 19.3 Å². The molecule has 2 aromatic carbocycles. The first-order valence-corrected chi connectivity index (χ1v) is 9.72. The van der Waals surface area contributed by atoms with Gasteiger partial charge in [0.15, 0.2) is 0 Å². The molecule has 1 N–H and O–H groups in total. The van der Waals surface area contributed by atoms with Crippen LogP contribution in [0.1, 0.15) is 46.9 Å². The van der Waals surface area contributed by atoms with E-state index in [9.17, 15) is 14.4 Å². The normalized spacial score (nSPS) is 10.6. The number of rotatable bonds is 8. The Hall–Kier alpha value is -3.61. The average Bonchev–Trinajstić information content (AvgIpc) is 2.76. The van der Waals surface area contributed by atoms with Gasteiger partial charge in [0.1, 0.15) is 16.9 Å². The summed E-state index contributed by atoms with van der Waals surface area (Å²) in [6.07, 6.45) is 2.89. The molecule has 0 aliphatic rings. The van der Waals surface area contributed by atoms with Crippen molar-refractivity contribution in [2.75, 3.05) is 19.0 Å². The minimum absolute atomic E-state index is 0.129. The molecule has 0 saturated carbocycles. The first-order chi connectivity index (χ1) is 14.5. The number of esters is 1. The molecule has 3 rings (SSSR count). The van der Waals surface area contributed by atoms with E-state index in [2.05, 4.69) is 12.2 Å². The second-order valence-corrected chi connectivity index (χ2v) is 6.73. The number of anilines is 1. The van der Waals surface area contributed by atoms with Crippen LogP contribution in [0.4, 0.5) is 5.69 Å². The van der Waals surface area contributed by atoms with Crippen LogP contribution >= 0.6 is 0 Å². The topological polar surface area (TPSA) is 94.8 Å². The summed E-state index contributed by atoms with van der Waals surface area (Å²) in [6, 6.07) is 12.7. The van der Waals surface area contributed by atoms with Crippen LogP contribution in [0.2, 0.25) is 0 Å². The van der Waals surface area contributed by atoms with Gasteiger partial charge >= 0.3 is 11.6 Å². The predicted octanol–water partition coefficient (Wildman–Crippen LogP) is 4.40. The number of carbonyl (C=O) groups excluding carboxylic acids is 2. The number of nitrogens with one attached hydrogen (secondary N) is 1. The van der Waals surface area contributed by atoms with Crippen molar-refractivity contribution in [2.45, 2.75) is 26.2 Å². The standard InChI is InChI=1S/C23H23NO6/c1-3-4-5-12-29-22(26)15-6-8-17(9-7-15)24-21(25)19-14-16-13-18(28-2)10-11-20(16)30-23(19)27/h6-11,13-14H,3-5,12H2,1-2H3,(H,24,25). The SMILES string of the molecule is CCCCCOC(=O)c1ccc(NC(=O)c2cc3cc(OC)ccc3oc2=O)cc1. The van der Waals surface area contributed by atoms with E-state index in [4.69, 9.17) is 13.9 Å². The number of carbonyl (C=O) groups is 2. The highest BCUT2D eigenvalue weighted by atomic mass is 16.5. The fourth-order valence-corrected chi connectivity index (χ4v) is 2.88. The van der Waals surface area contributed by atoms with Crippen LogP contribution in [0.25, 0.3) is 11.0 Å². The maximum absolute atomic E-state index is 12.6. The number of methoxy groups -OCH3 is 1. The van der Waals surface area contributed by atoms with Crippen LogP contribution in [0.5, 0.6) is 5.75 Å². The third-order valence-corrected chi connectivity index (χ3v) is 4.54. The molecular formula is C23H23NO6. The second kappa shape index (κ2) is 9.73. The summed E-state index contributed by atoms with van der Waals surface area (Å²) < 4.78 is 15.6. The van der Waals surface area contributed by atoms with E-state index in [0.29, 0.717) is 34.6 Å². The molecule has 0 aliphatic heterocycles. The Morgan fingerprint density at radius 1 is 1.03 bits per heavy atom. The van der Waals surface area contributed by atoms with Crippen molar-refractivity contribution in [1.82, 2.24) is 0 Å². The Balaban J connectivity index is 1.70. The van der Waals surface area contributed by atoms with Crippen molar-refractivity contribution >= 4 is 28.5 Å². The maximum atomic E-state index is 12.6. The zero-order chi connectivity index (χ0) is 21.5. The third-order valence-electron chi connectivity index (χ3n) is 4.54. The number of ether oxygens (including phenoxy) is 2. The summed E-state index contributed by atoms with van der Waals surface area (Å²) in [4.78, 5) is 36.8. The van der Waals surface area contributed by atoms with E-state index < -0.39 is 17.5 Å². The van der Waals surface area contributed by atoms with Crippen molar-refractivity contribution in [1.29, 1.82) is 0 Å². The van der Waals surface area contributed by atoms with Crippen LogP contribution in [0.3, 0.4) is 0 Å². The summed E-state index contributed by atoms with van der Waals surface area (Å²) in [5.74, 6) is -0.434. The lowest BCUT2D eigenvalue weighted by atomic mass is 10.1. The minimum atomic E-state index is -0.738. The molecule has 0 bridgehead atoms. The van der Waals surface area contributed by atoms with Gasteiger partial charge in [-0.05, 0) is 55.0 Å². The van der Waals surface area contributed by atoms with Crippen molar-refractivity contribution in [3.8, 4) is 5.75 Å². The zero-order valence-corrected chi connectivity index (χ0v) is 16.9. The lowest BCUT2D eigenvalue weighted by Crippen LogP contribution is -2.20. The second-order valence-electron chi connectivity index (χ2n) is 6.73. The van der Waals surface area contributed by atoms with Gasteiger partial charge in [0.2, 0.25) is 0 Å². The molecule has 0 spiro atoms. The number of hydrogen-bond donors (Lipinski definition) is 1. The van der Waals surface area contributed by atoms with Crippen LogP contribution in [-0.2, 0) is 4.74 Å². The smallest absolute Gasteiger partial charge is 0.349 e. The number of hydrogen-bond acceptors (Lipinski definition) is 6. The van der Waals surface area contributed by atoms with Gasteiger partial charge < -0.3 is 19.2 Å². The van der Waals surface area contributed by atoms with Crippen molar-refractivity contribution in [3.63, 3.8) is 0 Å². The zero-order valence-electron chi connectivity index (χ0n) is 16.9. The third kappa shape index (κ3) is 5.05. The number of fused-ring (bicyclic) bond motifs is 1. The molecule has 0 radical (unpaired) electrons. The first-order valence-electron chi connectivity index (χ1n) is 9.72. The van der Waals surface area contributed by atoms with Crippen LogP contribution < -0.4 is 15.7 Å². The molecule has 0 fully saturated rings. The average molecular weight is 409 g/mol. The Labute approximate surface area is 173 Å². The van der Waals surface area contributed by atoms with Crippen LogP contribution in [0, 0.1) is 0 Å². The molecule has 0 unspecified atom stereocenters. The molecular weight excluding hydrogens is 386 g/mol. The molecule has 3 aromatic rings. The summed E-state index contributed by atoms with van der Waals surface area (Å²) >= 11 is 0. The molecule has 7 nitrogen and oxygen atoms in total. The molecule has 0 saturated heterocycles. The molecule has 1 heterocycles. The van der Waals surface area contributed by atoms with Gasteiger partial charge in [-0.1, -0.05) is 19.8 Å². The van der Waals surface area contributed by atoms with Crippen LogP contribution in [0.15, 0.2) is 57.7 Å². The van der Waals surface area contributed by atoms with E-state index >= 15 is 0 Å². The maximum Gasteiger partial charge on any atom is 0.349 e. The molecule has 1 amide bonds. The molecule has 0 atom stereocenters. The van der Waals surface area contributed by atoms with E-state index in [-0.39, 0.29) is 5.56 Å². The van der Waals surface area contributed by atoms with E-state index in [1.54, 1.807) is 42.5 Å². The summed E-state index contributed by atoms with van der Waals surface area (Å²) in [6.45, 7) is 2.46. The number of amides is 1. The highest BCUT2D eigenvalue weighted by molar-refractivity contribution is 6.05. The molecule has 0 aliphatic carbocycles. The molecule has 1 aromatic heterocycles. The van der Waals surface area contributed by atoms with Crippen LogP contribution in [-0.4, -0.2) is 25.6 Å². The van der Waals surface area contributed by atoms with Gasteiger partial charge in [0.25, 0.3) is 5.91 Å². The lowest BCUT2D eigenvalue weighted by Gasteiger charge is -2.08. The highest BCUT2D eigenvalue weighted by Gasteiger charge is 2.15. The highest BCUT2D eigenvalue weighted by Crippen LogP contribution is 2.21. The Morgan fingerprint density at radius 3 is 2.50 bits per heavy atom. The summed E-state index contributed by atoms with van der Waals surface area (Å²) in [5, 5.41) is 3.21. The molecule has 156 valence electrons. The van der Waals surface area contributed by atoms with Gasteiger partial charge in [-0.3, -0.25) is 4.79 Å². The number of benzene rings is 2. The quantitative estimate of drug-likeness (QED) is 0.337. The van der Waals surface area contributed by atoms with Gasteiger partial charge in [-0.2, -0.15) is 0 Å².